The Morgan fingerprint density at radius 2 is 1.85 bits per heavy atom. The number of rotatable bonds is 7. The lowest BCUT2D eigenvalue weighted by Gasteiger charge is -2.28. The Kier molecular flexibility index (Phi) is 6.19. The number of hydrogen-bond donors (Lipinski definition) is 2. The highest BCUT2D eigenvalue weighted by atomic mass is 32.2. The van der Waals surface area contributed by atoms with Crippen LogP contribution in [0.25, 0.3) is 0 Å². The molecule has 27 heavy (non-hydrogen) atoms. The second-order valence-electron chi connectivity index (χ2n) is 6.04. The zero-order chi connectivity index (χ0) is 19.3. The van der Waals surface area contributed by atoms with E-state index in [2.05, 4.69) is 24.9 Å². The standard InChI is InChI=1S/C17H22FN5O3S/c1-13-21-16(12-17(22-13)23-8-10-26-11-9-23)19-6-7-20-27(24,25)15-4-2-14(18)3-5-15/h2-5,12,20H,6-11H2,1H3,(H,19,21,22). The third kappa shape index (κ3) is 5.34. The molecule has 0 aliphatic carbocycles. The molecule has 2 aromatic rings. The molecule has 1 aromatic heterocycles. The quantitative estimate of drug-likeness (QED) is 0.679. The second kappa shape index (κ2) is 8.59. The minimum Gasteiger partial charge on any atom is -0.378 e. The Morgan fingerprint density at radius 3 is 2.56 bits per heavy atom. The number of nitrogens with zero attached hydrogens (tertiary/aromatic N) is 3. The molecule has 1 fully saturated rings. The average molecular weight is 395 g/mol. The first kappa shape index (κ1) is 19.5. The van der Waals surface area contributed by atoms with Gasteiger partial charge in [0.05, 0.1) is 18.1 Å². The van der Waals surface area contributed by atoms with Gasteiger partial charge in [-0.1, -0.05) is 0 Å². The van der Waals surface area contributed by atoms with Crippen LogP contribution in [0.2, 0.25) is 0 Å². The molecule has 8 nitrogen and oxygen atoms in total. The predicted molar refractivity (Wildman–Crippen MR) is 99.9 cm³/mol. The molecule has 0 radical (unpaired) electrons. The maximum Gasteiger partial charge on any atom is 0.240 e. The topological polar surface area (TPSA) is 96.5 Å². The van der Waals surface area contributed by atoms with E-state index >= 15 is 0 Å². The van der Waals surface area contributed by atoms with Crippen molar-refractivity contribution in [3.63, 3.8) is 0 Å². The highest BCUT2D eigenvalue weighted by molar-refractivity contribution is 7.89. The molecule has 0 unspecified atom stereocenters. The van der Waals surface area contributed by atoms with Gasteiger partial charge in [0.2, 0.25) is 10.0 Å². The number of nitrogens with one attached hydrogen (secondary N) is 2. The number of hydrogen-bond acceptors (Lipinski definition) is 7. The Hall–Kier alpha value is -2.30. The van der Waals surface area contributed by atoms with Gasteiger partial charge in [-0.3, -0.25) is 0 Å². The van der Waals surface area contributed by atoms with Crippen molar-refractivity contribution in [3.8, 4) is 0 Å². The molecule has 1 aromatic carbocycles. The van der Waals surface area contributed by atoms with Gasteiger partial charge >= 0.3 is 0 Å². The fourth-order valence-electron chi connectivity index (χ4n) is 2.67. The summed E-state index contributed by atoms with van der Waals surface area (Å²) in [6.07, 6.45) is 0. The number of morpholine rings is 1. The molecule has 146 valence electrons. The molecule has 0 amide bonds. The van der Waals surface area contributed by atoms with E-state index in [1.165, 1.54) is 12.1 Å². The Morgan fingerprint density at radius 1 is 1.15 bits per heavy atom. The molecule has 0 atom stereocenters. The zero-order valence-corrected chi connectivity index (χ0v) is 15.8. The summed E-state index contributed by atoms with van der Waals surface area (Å²) in [6, 6.07) is 6.53. The Bertz CT molecular complexity index is 871. The van der Waals surface area contributed by atoms with Gasteiger partial charge in [-0.25, -0.2) is 27.5 Å². The normalized spacial score (nSPS) is 15.0. The van der Waals surface area contributed by atoms with E-state index in [1.54, 1.807) is 0 Å². The second-order valence-corrected chi connectivity index (χ2v) is 7.80. The van der Waals surface area contributed by atoms with Gasteiger partial charge in [0.1, 0.15) is 23.3 Å². The summed E-state index contributed by atoms with van der Waals surface area (Å²) < 4.78 is 45.1. The fraction of sp³-hybridized carbons (Fsp3) is 0.412. The molecule has 1 aliphatic heterocycles. The van der Waals surface area contributed by atoms with Crippen LogP contribution in [0.15, 0.2) is 35.2 Å². The van der Waals surface area contributed by atoms with Crippen LogP contribution >= 0.6 is 0 Å². The lowest BCUT2D eigenvalue weighted by molar-refractivity contribution is 0.122. The predicted octanol–water partition coefficient (Wildman–Crippen LogP) is 1.15. The van der Waals surface area contributed by atoms with E-state index in [0.29, 0.717) is 31.4 Å². The van der Waals surface area contributed by atoms with Crippen molar-refractivity contribution >= 4 is 21.7 Å². The molecule has 2 heterocycles. The lowest BCUT2D eigenvalue weighted by atomic mass is 10.4. The molecule has 10 heteroatoms. The summed E-state index contributed by atoms with van der Waals surface area (Å²) in [7, 11) is -3.68. The first-order chi connectivity index (χ1) is 12.9. The van der Waals surface area contributed by atoms with Gasteiger partial charge in [0.15, 0.2) is 0 Å². The van der Waals surface area contributed by atoms with Crippen LogP contribution in [0, 0.1) is 12.7 Å². The average Bonchev–Trinajstić information content (AvgIpc) is 2.66. The third-order valence-electron chi connectivity index (χ3n) is 4.01. The van der Waals surface area contributed by atoms with Crippen LogP contribution in [0.1, 0.15) is 5.82 Å². The minimum absolute atomic E-state index is 0.0244. The number of halogens is 1. The summed E-state index contributed by atoms with van der Waals surface area (Å²) in [5, 5.41) is 3.10. The van der Waals surface area contributed by atoms with Crippen LogP contribution in [-0.2, 0) is 14.8 Å². The van der Waals surface area contributed by atoms with Crippen LogP contribution in [0.5, 0.6) is 0 Å². The van der Waals surface area contributed by atoms with Crippen molar-refractivity contribution < 1.29 is 17.5 Å². The van der Waals surface area contributed by atoms with Crippen molar-refractivity contribution in [2.45, 2.75) is 11.8 Å². The summed E-state index contributed by atoms with van der Waals surface area (Å²) >= 11 is 0. The maximum atomic E-state index is 12.9. The number of benzene rings is 1. The molecule has 1 aliphatic rings. The monoisotopic (exact) mass is 395 g/mol. The van der Waals surface area contributed by atoms with Crippen molar-refractivity contribution in [2.24, 2.45) is 0 Å². The van der Waals surface area contributed by atoms with Crippen LogP contribution in [0.4, 0.5) is 16.0 Å². The van der Waals surface area contributed by atoms with E-state index in [1.807, 2.05) is 13.0 Å². The number of ether oxygens (including phenoxy) is 1. The van der Waals surface area contributed by atoms with Crippen LogP contribution in [-0.4, -0.2) is 57.8 Å². The van der Waals surface area contributed by atoms with E-state index in [9.17, 15) is 12.8 Å². The van der Waals surface area contributed by atoms with Gasteiger partial charge in [-0.2, -0.15) is 0 Å². The number of aryl methyl sites for hydroxylation is 1. The molecule has 0 bridgehead atoms. The lowest BCUT2D eigenvalue weighted by Crippen LogP contribution is -2.37. The summed E-state index contributed by atoms with van der Waals surface area (Å²) in [5.41, 5.74) is 0. The third-order valence-corrected chi connectivity index (χ3v) is 5.48. The highest BCUT2D eigenvalue weighted by Gasteiger charge is 2.15. The van der Waals surface area contributed by atoms with Crippen LogP contribution < -0.4 is 14.9 Å². The van der Waals surface area contributed by atoms with Gasteiger partial charge in [0, 0.05) is 32.2 Å². The highest BCUT2D eigenvalue weighted by Crippen LogP contribution is 2.17. The largest absolute Gasteiger partial charge is 0.378 e. The Balaban J connectivity index is 1.55. The number of anilines is 2. The smallest absolute Gasteiger partial charge is 0.240 e. The molecular formula is C17H22FN5O3S. The molecule has 0 saturated carbocycles. The summed E-state index contributed by atoms with van der Waals surface area (Å²) in [5.74, 6) is 1.60. The van der Waals surface area contributed by atoms with Gasteiger partial charge in [0.25, 0.3) is 0 Å². The number of aromatic nitrogens is 2. The SMILES string of the molecule is Cc1nc(NCCNS(=O)(=O)c2ccc(F)cc2)cc(N2CCOCC2)n1. The van der Waals surface area contributed by atoms with Crippen LogP contribution in [0.3, 0.4) is 0 Å². The Labute approximate surface area is 157 Å². The van der Waals surface area contributed by atoms with Gasteiger partial charge < -0.3 is 15.0 Å². The molecular weight excluding hydrogens is 373 g/mol. The van der Waals surface area contributed by atoms with Crippen molar-refractivity contribution in [1.82, 2.24) is 14.7 Å². The first-order valence-corrected chi connectivity index (χ1v) is 10.1. The summed E-state index contributed by atoms with van der Waals surface area (Å²) in [6.45, 7) is 5.19. The molecule has 1 saturated heterocycles. The molecule has 3 rings (SSSR count). The first-order valence-electron chi connectivity index (χ1n) is 8.61. The zero-order valence-electron chi connectivity index (χ0n) is 15.0. The van der Waals surface area contributed by atoms with E-state index in [-0.39, 0.29) is 11.4 Å². The number of sulfonamides is 1. The van der Waals surface area contributed by atoms with E-state index in [4.69, 9.17) is 4.74 Å². The molecule has 2 N–H and O–H groups in total. The summed E-state index contributed by atoms with van der Waals surface area (Å²) in [4.78, 5) is 10.9. The molecule has 0 spiro atoms. The maximum absolute atomic E-state index is 12.9. The van der Waals surface area contributed by atoms with Gasteiger partial charge in [-0.05, 0) is 31.2 Å². The van der Waals surface area contributed by atoms with Crippen molar-refractivity contribution in [1.29, 1.82) is 0 Å². The van der Waals surface area contributed by atoms with E-state index in [0.717, 1.165) is 31.0 Å². The van der Waals surface area contributed by atoms with Crippen molar-refractivity contribution in [2.75, 3.05) is 49.6 Å². The van der Waals surface area contributed by atoms with Gasteiger partial charge in [-0.15, -0.1) is 0 Å². The minimum atomic E-state index is -3.68. The van der Waals surface area contributed by atoms with E-state index < -0.39 is 15.8 Å². The fourth-order valence-corrected chi connectivity index (χ4v) is 3.70. The van der Waals surface area contributed by atoms with Crippen molar-refractivity contribution in [3.05, 3.63) is 42.0 Å².